The summed E-state index contributed by atoms with van der Waals surface area (Å²) in [6.07, 6.45) is 2.50. The van der Waals surface area contributed by atoms with Crippen LogP contribution in [0, 0.1) is 0 Å². The maximum Gasteiger partial charge on any atom is 0.260 e. The number of amides is 1. The molecule has 0 aliphatic carbocycles. The molecular weight excluding hydrogens is 256 g/mol. The van der Waals surface area contributed by atoms with Crippen molar-refractivity contribution in [2.75, 3.05) is 26.7 Å². The Balaban J connectivity index is 2.77. The number of imidazole rings is 1. The highest BCUT2D eigenvalue weighted by molar-refractivity contribution is 7.89. The third-order valence-corrected chi connectivity index (χ3v) is 4.36. The number of sulfonamides is 1. The van der Waals surface area contributed by atoms with Crippen LogP contribution < -0.4 is 0 Å². The molecule has 0 fully saturated rings. The quantitative estimate of drug-likeness (QED) is 0.784. The Morgan fingerprint density at radius 3 is 2.44 bits per heavy atom. The minimum Gasteiger partial charge on any atom is -0.342 e. The van der Waals surface area contributed by atoms with Crippen LogP contribution >= 0.6 is 0 Å². The maximum absolute atomic E-state index is 12.0. The lowest BCUT2D eigenvalue weighted by Gasteiger charge is -2.22. The van der Waals surface area contributed by atoms with Crippen molar-refractivity contribution in [3.8, 4) is 0 Å². The van der Waals surface area contributed by atoms with Gasteiger partial charge in [-0.15, -0.1) is 0 Å². The minimum absolute atomic E-state index is 0.0163. The molecule has 0 bridgehead atoms. The molecule has 8 heteroatoms. The molecule has 0 unspecified atom stereocenters. The lowest BCUT2D eigenvalue weighted by molar-refractivity contribution is -0.130. The molecule has 0 saturated carbocycles. The van der Waals surface area contributed by atoms with Crippen LogP contribution in [0.5, 0.6) is 0 Å². The van der Waals surface area contributed by atoms with Gasteiger partial charge in [-0.3, -0.25) is 4.79 Å². The fraction of sp³-hybridized carbons (Fsp3) is 0.600. The summed E-state index contributed by atoms with van der Waals surface area (Å²) in [6.45, 7) is 4.65. The van der Waals surface area contributed by atoms with Crippen LogP contribution in [0.15, 0.2) is 17.6 Å². The van der Waals surface area contributed by atoms with Crippen molar-refractivity contribution in [1.29, 1.82) is 0 Å². The normalized spacial score (nSPS) is 11.8. The zero-order chi connectivity index (χ0) is 13.8. The van der Waals surface area contributed by atoms with Gasteiger partial charge < -0.3 is 9.88 Å². The molecule has 1 rings (SSSR count). The van der Waals surface area contributed by atoms with E-state index in [1.165, 1.54) is 19.6 Å². The average Bonchev–Trinajstić information content (AvgIpc) is 2.84. The van der Waals surface area contributed by atoms with Crippen LogP contribution in [0.25, 0.3) is 0 Å². The number of rotatable bonds is 6. The molecule has 0 saturated heterocycles. The van der Waals surface area contributed by atoms with E-state index in [1.807, 2.05) is 13.8 Å². The molecule has 1 aromatic rings. The predicted molar refractivity (Wildman–Crippen MR) is 66.3 cm³/mol. The molecule has 1 amide bonds. The first kappa shape index (κ1) is 14.7. The van der Waals surface area contributed by atoms with E-state index in [0.29, 0.717) is 13.1 Å². The van der Waals surface area contributed by atoms with E-state index < -0.39 is 10.0 Å². The number of nitrogens with zero attached hydrogens (tertiary/aromatic N) is 3. The zero-order valence-corrected chi connectivity index (χ0v) is 11.6. The predicted octanol–water partition coefficient (Wildman–Crippen LogP) is -0.101. The highest BCUT2D eigenvalue weighted by atomic mass is 32.2. The molecule has 0 radical (unpaired) electrons. The smallest absolute Gasteiger partial charge is 0.260 e. The van der Waals surface area contributed by atoms with Gasteiger partial charge in [-0.25, -0.2) is 13.4 Å². The maximum atomic E-state index is 12.0. The van der Waals surface area contributed by atoms with Crippen LogP contribution in [0.4, 0.5) is 0 Å². The summed E-state index contributed by atoms with van der Waals surface area (Å²) in [5.41, 5.74) is 0. The number of hydrogen-bond donors (Lipinski definition) is 1. The number of nitrogens with one attached hydrogen (secondary N) is 1. The van der Waals surface area contributed by atoms with Gasteiger partial charge in [-0.1, -0.05) is 0 Å². The summed E-state index contributed by atoms with van der Waals surface area (Å²) in [7, 11) is -2.30. The lowest BCUT2D eigenvalue weighted by atomic mass is 10.4. The minimum atomic E-state index is -3.67. The molecule has 1 N–H and O–H groups in total. The second-order valence-corrected chi connectivity index (χ2v) is 5.76. The summed E-state index contributed by atoms with van der Waals surface area (Å²) in [5, 5.41) is -0.0163. The Hall–Kier alpha value is -1.41. The van der Waals surface area contributed by atoms with E-state index in [1.54, 1.807) is 4.90 Å². The highest BCUT2D eigenvalue weighted by Crippen LogP contribution is 2.09. The molecule has 0 spiro atoms. The first-order valence-electron chi connectivity index (χ1n) is 5.66. The van der Waals surface area contributed by atoms with Crippen molar-refractivity contribution >= 4 is 15.9 Å². The summed E-state index contributed by atoms with van der Waals surface area (Å²) in [5.74, 6) is -0.217. The first-order chi connectivity index (χ1) is 8.43. The van der Waals surface area contributed by atoms with E-state index in [2.05, 4.69) is 9.97 Å². The Morgan fingerprint density at radius 2 is 2.00 bits per heavy atom. The van der Waals surface area contributed by atoms with Gasteiger partial charge in [-0.2, -0.15) is 4.31 Å². The molecule has 102 valence electrons. The summed E-state index contributed by atoms with van der Waals surface area (Å²) in [6, 6.07) is 0. The fourth-order valence-electron chi connectivity index (χ4n) is 1.50. The number of carbonyl (C=O) groups excluding carboxylic acids is 1. The van der Waals surface area contributed by atoms with Crippen LogP contribution in [0.3, 0.4) is 0 Å². The van der Waals surface area contributed by atoms with Gasteiger partial charge >= 0.3 is 0 Å². The van der Waals surface area contributed by atoms with Gasteiger partial charge in [0, 0.05) is 20.1 Å². The summed E-state index contributed by atoms with van der Waals surface area (Å²) < 4.78 is 25.0. The van der Waals surface area contributed by atoms with Crippen molar-refractivity contribution in [3.63, 3.8) is 0 Å². The van der Waals surface area contributed by atoms with E-state index in [9.17, 15) is 13.2 Å². The number of H-pyrrole nitrogens is 1. The summed E-state index contributed by atoms with van der Waals surface area (Å²) in [4.78, 5) is 19.6. The van der Waals surface area contributed by atoms with Gasteiger partial charge in [0.1, 0.15) is 0 Å². The number of hydrogen-bond acceptors (Lipinski definition) is 4. The van der Waals surface area contributed by atoms with E-state index in [0.717, 1.165) is 4.31 Å². The molecule has 18 heavy (non-hydrogen) atoms. The van der Waals surface area contributed by atoms with E-state index in [4.69, 9.17) is 0 Å². The molecule has 0 aliphatic rings. The molecular formula is C10H18N4O3S. The molecule has 0 aromatic carbocycles. The number of aromatic nitrogens is 2. The van der Waals surface area contributed by atoms with Gasteiger partial charge in [-0.05, 0) is 13.8 Å². The molecule has 1 heterocycles. The Kier molecular flexibility index (Phi) is 4.85. The SMILES string of the molecule is CCN(CC)C(=O)CN(C)S(=O)(=O)c1cnc[nH]1. The standard InChI is InChI=1S/C10H18N4O3S/c1-4-14(5-2)10(15)7-13(3)18(16,17)9-6-11-8-12-9/h6,8H,4-5,7H2,1-3H3,(H,11,12). The molecule has 7 nitrogen and oxygen atoms in total. The Labute approximate surface area is 107 Å². The number of likely N-dealkylation sites (N-methyl/N-ethyl adjacent to an activating group) is 2. The largest absolute Gasteiger partial charge is 0.342 e. The van der Waals surface area contributed by atoms with Gasteiger partial charge in [0.05, 0.1) is 19.1 Å². The molecule has 0 atom stereocenters. The van der Waals surface area contributed by atoms with Crippen molar-refractivity contribution in [2.45, 2.75) is 18.9 Å². The lowest BCUT2D eigenvalue weighted by Crippen LogP contribution is -2.41. The fourth-order valence-corrected chi connectivity index (χ4v) is 2.52. The van der Waals surface area contributed by atoms with Crippen molar-refractivity contribution in [2.24, 2.45) is 0 Å². The number of aromatic amines is 1. The average molecular weight is 274 g/mol. The van der Waals surface area contributed by atoms with E-state index in [-0.39, 0.29) is 17.5 Å². The van der Waals surface area contributed by atoms with Crippen molar-refractivity contribution < 1.29 is 13.2 Å². The van der Waals surface area contributed by atoms with Gasteiger partial charge in [0.15, 0.2) is 5.03 Å². The third-order valence-electron chi connectivity index (χ3n) is 2.64. The van der Waals surface area contributed by atoms with Crippen molar-refractivity contribution in [3.05, 3.63) is 12.5 Å². The summed E-state index contributed by atoms with van der Waals surface area (Å²) >= 11 is 0. The van der Waals surface area contributed by atoms with Crippen molar-refractivity contribution in [1.82, 2.24) is 19.2 Å². The molecule has 0 aliphatic heterocycles. The van der Waals surface area contributed by atoms with Gasteiger partial charge in [0.25, 0.3) is 10.0 Å². The van der Waals surface area contributed by atoms with Crippen LogP contribution in [-0.2, 0) is 14.8 Å². The van der Waals surface area contributed by atoms with Crippen LogP contribution in [0.1, 0.15) is 13.8 Å². The Morgan fingerprint density at radius 1 is 1.39 bits per heavy atom. The Bertz CT molecular complexity index is 479. The highest BCUT2D eigenvalue weighted by Gasteiger charge is 2.25. The zero-order valence-electron chi connectivity index (χ0n) is 10.8. The van der Waals surface area contributed by atoms with E-state index >= 15 is 0 Å². The second-order valence-electron chi connectivity index (χ2n) is 3.74. The third kappa shape index (κ3) is 3.08. The number of carbonyl (C=O) groups is 1. The first-order valence-corrected chi connectivity index (χ1v) is 7.10. The van der Waals surface area contributed by atoms with Crippen LogP contribution in [-0.4, -0.2) is 60.2 Å². The second kappa shape index (κ2) is 5.96. The van der Waals surface area contributed by atoms with Crippen LogP contribution in [0.2, 0.25) is 0 Å². The molecule has 1 aromatic heterocycles. The topological polar surface area (TPSA) is 86.4 Å². The van der Waals surface area contributed by atoms with Gasteiger partial charge in [0.2, 0.25) is 5.91 Å². The monoisotopic (exact) mass is 274 g/mol.